The normalized spacial score (nSPS) is 12.5. The van der Waals surface area contributed by atoms with E-state index in [0.29, 0.717) is 0 Å². The highest BCUT2D eigenvalue weighted by Gasteiger charge is 2.35. The maximum atomic E-state index is 10.6. The molecule has 0 atom stereocenters. The smallest absolute Gasteiger partial charge is 0.119 e. The van der Waals surface area contributed by atoms with Crippen LogP contribution in [0.1, 0.15) is 27.7 Å². The lowest BCUT2D eigenvalue weighted by Gasteiger charge is -2.35. The molecule has 0 saturated heterocycles. The van der Waals surface area contributed by atoms with E-state index >= 15 is 0 Å². The van der Waals surface area contributed by atoms with Crippen molar-refractivity contribution in [1.29, 1.82) is 0 Å². The Morgan fingerprint density at radius 2 is 1.47 bits per heavy atom. The third-order valence-corrected chi connectivity index (χ3v) is 4.46. The summed E-state index contributed by atoms with van der Waals surface area (Å²) in [5, 5.41) is 10.6. The van der Waals surface area contributed by atoms with Crippen LogP contribution in [-0.2, 0) is 0 Å². The van der Waals surface area contributed by atoms with Crippen LogP contribution in [0.2, 0.25) is 0 Å². The van der Waals surface area contributed by atoms with Gasteiger partial charge in [0.2, 0.25) is 0 Å². The Morgan fingerprint density at radius 1 is 1.00 bits per heavy atom. The molecular formula is C13H20OS. The van der Waals surface area contributed by atoms with Gasteiger partial charge in [-0.05, 0) is 24.0 Å². The van der Waals surface area contributed by atoms with E-state index in [1.165, 1.54) is 0 Å². The van der Waals surface area contributed by atoms with Crippen LogP contribution in [0.15, 0.2) is 35.2 Å². The molecule has 0 aliphatic rings. The van der Waals surface area contributed by atoms with Gasteiger partial charge < -0.3 is 5.11 Å². The maximum Gasteiger partial charge on any atom is 0.119 e. The van der Waals surface area contributed by atoms with Crippen molar-refractivity contribution in [2.45, 2.75) is 37.5 Å². The highest BCUT2D eigenvalue weighted by Crippen LogP contribution is 2.41. The molecule has 1 aromatic rings. The van der Waals surface area contributed by atoms with Crippen LogP contribution in [0.3, 0.4) is 0 Å². The number of aliphatic hydroxyl groups is 1. The Kier molecular flexibility index (Phi) is 4.23. The molecule has 0 fully saturated rings. The summed E-state index contributed by atoms with van der Waals surface area (Å²) >= 11 is 1.56. The first-order chi connectivity index (χ1) is 6.97. The van der Waals surface area contributed by atoms with Gasteiger partial charge in [0.15, 0.2) is 0 Å². The molecule has 0 saturated carbocycles. The second kappa shape index (κ2) is 5.04. The molecule has 84 valence electrons. The summed E-state index contributed by atoms with van der Waals surface area (Å²) in [4.78, 5) is 0.448. The van der Waals surface area contributed by atoms with Gasteiger partial charge in [-0.2, -0.15) is 0 Å². The van der Waals surface area contributed by atoms with Gasteiger partial charge in [0.25, 0.3) is 0 Å². The zero-order chi connectivity index (χ0) is 11.5. The minimum atomic E-state index is -0.679. The summed E-state index contributed by atoms with van der Waals surface area (Å²) in [5.41, 5.74) is 0. The molecule has 15 heavy (non-hydrogen) atoms. The molecular weight excluding hydrogens is 204 g/mol. The third-order valence-electron chi connectivity index (χ3n) is 2.68. The van der Waals surface area contributed by atoms with Gasteiger partial charge in [0.1, 0.15) is 4.93 Å². The van der Waals surface area contributed by atoms with Crippen molar-refractivity contribution in [3.63, 3.8) is 0 Å². The first kappa shape index (κ1) is 12.6. The van der Waals surface area contributed by atoms with Gasteiger partial charge in [-0.25, -0.2) is 0 Å². The molecule has 0 aromatic heterocycles. The topological polar surface area (TPSA) is 20.2 Å². The fraction of sp³-hybridized carbons (Fsp3) is 0.538. The Morgan fingerprint density at radius 3 is 1.87 bits per heavy atom. The maximum absolute atomic E-state index is 10.6. The number of benzene rings is 1. The lowest BCUT2D eigenvalue weighted by molar-refractivity contribution is 0.0434. The molecule has 0 amide bonds. The van der Waals surface area contributed by atoms with Gasteiger partial charge >= 0.3 is 0 Å². The Labute approximate surface area is 96.9 Å². The highest BCUT2D eigenvalue weighted by molar-refractivity contribution is 8.00. The van der Waals surface area contributed by atoms with Crippen molar-refractivity contribution in [1.82, 2.24) is 0 Å². The molecule has 0 aliphatic carbocycles. The lowest BCUT2D eigenvalue weighted by Crippen LogP contribution is -2.36. The zero-order valence-corrected chi connectivity index (χ0v) is 10.7. The van der Waals surface area contributed by atoms with E-state index in [1.807, 2.05) is 30.3 Å². The van der Waals surface area contributed by atoms with Gasteiger partial charge in [0, 0.05) is 4.90 Å². The number of hydrogen-bond donors (Lipinski definition) is 1. The molecule has 0 radical (unpaired) electrons. The summed E-state index contributed by atoms with van der Waals surface area (Å²) in [6, 6.07) is 10.1. The molecule has 1 rings (SSSR count). The van der Waals surface area contributed by atoms with E-state index in [1.54, 1.807) is 11.8 Å². The van der Waals surface area contributed by atoms with Crippen molar-refractivity contribution in [2.75, 3.05) is 0 Å². The van der Waals surface area contributed by atoms with Crippen LogP contribution in [-0.4, -0.2) is 10.0 Å². The molecule has 0 heterocycles. The summed E-state index contributed by atoms with van der Waals surface area (Å²) in [6.07, 6.45) is 0. The van der Waals surface area contributed by atoms with Crippen molar-refractivity contribution >= 4 is 11.8 Å². The van der Waals surface area contributed by atoms with Crippen molar-refractivity contribution in [3.05, 3.63) is 30.3 Å². The molecule has 2 heteroatoms. The zero-order valence-electron chi connectivity index (χ0n) is 9.90. The van der Waals surface area contributed by atoms with Gasteiger partial charge in [-0.1, -0.05) is 57.7 Å². The van der Waals surface area contributed by atoms with Gasteiger partial charge in [0.05, 0.1) is 0 Å². The molecule has 1 nitrogen and oxygen atoms in total. The Balaban J connectivity index is 2.85. The van der Waals surface area contributed by atoms with Crippen LogP contribution in [0.4, 0.5) is 0 Å². The minimum Gasteiger partial charge on any atom is -0.379 e. The van der Waals surface area contributed by atoms with Gasteiger partial charge in [-0.3, -0.25) is 0 Å². The summed E-state index contributed by atoms with van der Waals surface area (Å²) in [5.74, 6) is 0.477. The molecule has 0 spiro atoms. The van der Waals surface area contributed by atoms with E-state index in [-0.39, 0.29) is 11.8 Å². The van der Waals surface area contributed by atoms with Crippen LogP contribution in [0, 0.1) is 11.8 Å². The predicted octanol–water partition coefficient (Wildman–Crippen LogP) is 3.78. The summed E-state index contributed by atoms with van der Waals surface area (Å²) in [7, 11) is 0. The summed E-state index contributed by atoms with van der Waals surface area (Å²) < 4.78 is 0. The molecule has 0 unspecified atom stereocenters. The highest BCUT2D eigenvalue weighted by atomic mass is 32.2. The number of rotatable bonds is 4. The first-order valence-corrected chi connectivity index (χ1v) is 6.25. The predicted molar refractivity (Wildman–Crippen MR) is 66.9 cm³/mol. The summed E-state index contributed by atoms with van der Waals surface area (Å²) in [6.45, 7) is 8.26. The second-order valence-electron chi connectivity index (χ2n) is 4.48. The van der Waals surface area contributed by atoms with Gasteiger partial charge in [-0.15, -0.1) is 0 Å². The van der Waals surface area contributed by atoms with E-state index in [0.717, 1.165) is 4.90 Å². The number of thioether (sulfide) groups is 1. The van der Waals surface area contributed by atoms with Crippen LogP contribution >= 0.6 is 11.8 Å². The average Bonchev–Trinajstić information content (AvgIpc) is 2.18. The SMILES string of the molecule is CC(C)C(O)(Sc1ccccc1)C(C)C. The van der Waals surface area contributed by atoms with Crippen molar-refractivity contribution in [2.24, 2.45) is 11.8 Å². The van der Waals surface area contributed by atoms with E-state index < -0.39 is 4.93 Å². The third kappa shape index (κ3) is 2.99. The quantitative estimate of drug-likeness (QED) is 0.620. The Bertz CT molecular complexity index is 285. The van der Waals surface area contributed by atoms with Crippen molar-refractivity contribution in [3.8, 4) is 0 Å². The van der Waals surface area contributed by atoms with E-state index in [2.05, 4.69) is 27.7 Å². The minimum absolute atomic E-state index is 0.239. The first-order valence-electron chi connectivity index (χ1n) is 5.43. The van der Waals surface area contributed by atoms with E-state index in [4.69, 9.17) is 0 Å². The van der Waals surface area contributed by atoms with Crippen LogP contribution in [0.5, 0.6) is 0 Å². The number of hydrogen-bond acceptors (Lipinski definition) is 2. The monoisotopic (exact) mass is 224 g/mol. The molecule has 1 aromatic carbocycles. The Hall–Kier alpha value is -0.470. The average molecular weight is 224 g/mol. The van der Waals surface area contributed by atoms with Crippen LogP contribution in [0.25, 0.3) is 0 Å². The van der Waals surface area contributed by atoms with Crippen LogP contribution < -0.4 is 0 Å². The molecule has 0 bridgehead atoms. The fourth-order valence-electron chi connectivity index (χ4n) is 1.58. The fourth-order valence-corrected chi connectivity index (χ4v) is 2.72. The molecule has 0 aliphatic heterocycles. The lowest BCUT2D eigenvalue weighted by atomic mass is 9.96. The van der Waals surface area contributed by atoms with Crippen molar-refractivity contribution < 1.29 is 5.11 Å². The van der Waals surface area contributed by atoms with E-state index in [9.17, 15) is 5.11 Å². The molecule has 1 N–H and O–H groups in total. The second-order valence-corrected chi connectivity index (χ2v) is 5.81. The largest absolute Gasteiger partial charge is 0.379 e. The standard InChI is InChI=1S/C13H20OS/c1-10(2)13(14,11(3)4)15-12-8-6-5-7-9-12/h5-11,14H,1-4H3.